The monoisotopic (exact) mass is 518 g/mol. The normalized spacial score (nSPS) is 16.8. The van der Waals surface area contributed by atoms with Crippen LogP contribution in [0.4, 0.5) is 4.39 Å². The lowest BCUT2D eigenvalue weighted by Crippen LogP contribution is -2.46. The molecule has 0 radical (unpaired) electrons. The first-order valence-electron chi connectivity index (χ1n) is 12.8. The predicted octanol–water partition coefficient (Wildman–Crippen LogP) is 2.55. The molecule has 1 fully saturated rings. The number of carbonyl (C=O) groups excluding carboxylic acids is 4. The molecule has 1 aliphatic rings. The lowest BCUT2D eigenvalue weighted by Gasteiger charge is -2.30. The quantitative estimate of drug-likeness (QED) is 0.157. The van der Waals surface area contributed by atoms with E-state index in [0.717, 1.165) is 5.56 Å². The first-order valence-corrected chi connectivity index (χ1v) is 12.8. The third kappa shape index (κ3) is 9.59. The van der Waals surface area contributed by atoms with Crippen molar-refractivity contribution < 1.29 is 28.3 Å². The van der Waals surface area contributed by atoms with Crippen LogP contribution in [-0.2, 0) is 30.5 Å². The van der Waals surface area contributed by atoms with Crippen LogP contribution in [0, 0.1) is 17.8 Å². The van der Waals surface area contributed by atoms with Gasteiger partial charge in [0.2, 0.25) is 5.91 Å². The van der Waals surface area contributed by atoms with Crippen molar-refractivity contribution in [1.82, 2.24) is 4.90 Å². The van der Waals surface area contributed by atoms with Crippen LogP contribution in [0.5, 0.6) is 0 Å². The second-order valence-electron chi connectivity index (χ2n) is 9.81. The van der Waals surface area contributed by atoms with Crippen LogP contribution in [0.1, 0.15) is 57.9 Å². The highest BCUT2D eigenvalue weighted by molar-refractivity contribution is 5.94. The van der Waals surface area contributed by atoms with Gasteiger partial charge in [0.15, 0.2) is 17.5 Å². The summed E-state index contributed by atoms with van der Waals surface area (Å²) in [4.78, 5) is 56.7. The summed E-state index contributed by atoms with van der Waals surface area (Å²) in [5.74, 6) is -3.32. The van der Waals surface area contributed by atoms with Gasteiger partial charge >= 0.3 is 5.97 Å². The van der Waals surface area contributed by atoms with Crippen molar-refractivity contribution in [2.45, 2.75) is 65.0 Å². The van der Waals surface area contributed by atoms with Gasteiger partial charge in [0, 0.05) is 25.4 Å². The molecule has 0 unspecified atom stereocenters. The average molecular weight is 519 g/mol. The molecule has 37 heavy (non-hydrogen) atoms. The Morgan fingerprint density at radius 3 is 2.46 bits per heavy atom. The van der Waals surface area contributed by atoms with E-state index in [0.29, 0.717) is 25.8 Å². The lowest BCUT2D eigenvalue weighted by molar-refractivity contribution is -0.152. The molecule has 1 saturated heterocycles. The molecule has 4 N–H and O–H groups in total. The summed E-state index contributed by atoms with van der Waals surface area (Å²) in [7, 11) is 0. The van der Waals surface area contributed by atoms with Gasteiger partial charge in [-0.3, -0.25) is 24.2 Å². The van der Waals surface area contributed by atoms with Gasteiger partial charge in [-0.25, -0.2) is 4.39 Å². The number of ether oxygens (including phenoxy) is 1. The second kappa shape index (κ2) is 15.1. The molecule has 1 amide bonds. The van der Waals surface area contributed by atoms with E-state index in [1.807, 2.05) is 44.2 Å². The Morgan fingerprint density at radius 1 is 1.14 bits per heavy atom. The smallest absolute Gasteiger partial charge is 0.306 e. The van der Waals surface area contributed by atoms with Crippen LogP contribution in [-0.4, -0.2) is 60.1 Å². The fourth-order valence-electron chi connectivity index (χ4n) is 4.57. The van der Waals surface area contributed by atoms with Gasteiger partial charge in [0.25, 0.3) is 0 Å². The fraction of sp³-hybridized carbons (Fsp3) is 0.593. The molecule has 2 rings (SSSR count). The maximum atomic E-state index is 13.5. The van der Waals surface area contributed by atoms with Crippen LogP contribution >= 0.6 is 0 Å². The van der Waals surface area contributed by atoms with Gasteiger partial charge in [-0.2, -0.15) is 0 Å². The van der Waals surface area contributed by atoms with Crippen molar-refractivity contribution in [3.8, 4) is 0 Å². The molecule has 1 aliphatic heterocycles. The van der Waals surface area contributed by atoms with Crippen molar-refractivity contribution in [2.75, 3.05) is 19.8 Å². The van der Waals surface area contributed by atoms with Crippen molar-refractivity contribution in [3.63, 3.8) is 0 Å². The summed E-state index contributed by atoms with van der Waals surface area (Å²) in [6.45, 7) is 3.34. The van der Waals surface area contributed by atoms with Gasteiger partial charge in [-0.1, -0.05) is 44.2 Å². The van der Waals surface area contributed by atoms with E-state index in [-0.39, 0.29) is 56.0 Å². The number of guanidine groups is 1. The number of amides is 1. The highest BCUT2D eigenvalue weighted by Gasteiger charge is 2.39. The first kappa shape index (κ1) is 29.9. The Bertz CT molecular complexity index is 949. The van der Waals surface area contributed by atoms with E-state index < -0.39 is 36.3 Å². The van der Waals surface area contributed by atoms with E-state index in [9.17, 15) is 23.6 Å². The molecule has 0 aliphatic carbocycles. The van der Waals surface area contributed by atoms with E-state index in [1.54, 1.807) is 0 Å². The predicted molar refractivity (Wildman–Crippen MR) is 138 cm³/mol. The first-order chi connectivity index (χ1) is 17.6. The van der Waals surface area contributed by atoms with Crippen LogP contribution in [0.2, 0.25) is 0 Å². The van der Waals surface area contributed by atoms with Gasteiger partial charge in [-0.05, 0) is 37.2 Å². The molecule has 9 nitrogen and oxygen atoms in total. The number of halogens is 1. The Kier molecular flexibility index (Phi) is 12.2. The number of esters is 1. The number of Topliss-reactive ketones (excluding diaryl/α,β-unsaturated/α-hetero) is 2. The minimum Gasteiger partial charge on any atom is -0.461 e. The Hall–Kier alpha value is -3.30. The number of nitrogens with two attached hydrogens (primary N) is 2. The maximum absolute atomic E-state index is 13.5. The molecule has 1 aromatic carbocycles. The number of hydrogen-bond donors (Lipinski definition) is 2. The summed E-state index contributed by atoms with van der Waals surface area (Å²) >= 11 is 0. The molecule has 0 spiro atoms. The van der Waals surface area contributed by atoms with Crippen molar-refractivity contribution in [1.29, 1.82) is 0 Å². The standard InChI is InChI=1S/C27H39FN4O5/c1-18(2)21(15-25(35)37-17-19-8-4-3-5-9-19)26(36)32-13-7-11-22(32)23(33)14-20(24(34)16-28)10-6-12-31-27(29)30/h3-5,8-9,18,20-22H,6-7,10-17H2,1-2H3,(H4,29,30,31)/t20-,21-,22-/m0/s1. The van der Waals surface area contributed by atoms with E-state index in [2.05, 4.69) is 4.99 Å². The molecule has 3 atom stereocenters. The Morgan fingerprint density at radius 2 is 1.84 bits per heavy atom. The minimum absolute atomic E-state index is 0.0757. The van der Waals surface area contributed by atoms with E-state index in [4.69, 9.17) is 16.2 Å². The van der Waals surface area contributed by atoms with Crippen molar-refractivity contribution in [3.05, 3.63) is 35.9 Å². The van der Waals surface area contributed by atoms with Crippen LogP contribution in [0.15, 0.2) is 35.3 Å². The molecule has 10 heteroatoms. The van der Waals surface area contributed by atoms with Crippen molar-refractivity contribution in [2.24, 2.45) is 34.2 Å². The zero-order chi connectivity index (χ0) is 27.4. The molecule has 1 aromatic rings. The third-order valence-electron chi connectivity index (χ3n) is 6.70. The number of ketones is 2. The average Bonchev–Trinajstić information content (AvgIpc) is 3.37. The Labute approximate surface area is 217 Å². The summed E-state index contributed by atoms with van der Waals surface area (Å²) < 4.78 is 18.5. The summed E-state index contributed by atoms with van der Waals surface area (Å²) in [6.07, 6.45) is 1.57. The molecular weight excluding hydrogens is 479 g/mol. The third-order valence-corrected chi connectivity index (χ3v) is 6.70. The summed E-state index contributed by atoms with van der Waals surface area (Å²) in [5, 5.41) is 0. The molecular formula is C27H39FN4O5. The van der Waals surface area contributed by atoms with Gasteiger partial charge in [0.05, 0.1) is 18.4 Å². The molecule has 0 aromatic heterocycles. The summed E-state index contributed by atoms with van der Waals surface area (Å²) in [6, 6.07) is 8.57. The molecule has 0 saturated carbocycles. The number of rotatable bonds is 15. The van der Waals surface area contributed by atoms with Crippen LogP contribution < -0.4 is 11.5 Å². The maximum Gasteiger partial charge on any atom is 0.306 e. The number of hydrogen-bond acceptors (Lipinski definition) is 6. The molecule has 204 valence electrons. The van der Waals surface area contributed by atoms with Gasteiger partial charge in [-0.15, -0.1) is 0 Å². The number of nitrogens with zero attached hydrogens (tertiary/aromatic N) is 2. The van der Waals surface area contributed by atoms with E-state index in [1.165, 1.54) is 4.90 Å². The highest BCUT2D eigenvalue weighted by atomic mass is 19.1. The van der Waals surface area contributed by atoms with Crippen molar-refractivity contribution >= 4 is 29.4 Å². The number of aliphatic imine (C=N–C) groups is 1. The minimum atomic E-state index is -1.16. The zero-order valence-electron chi connectivity index (χ0n) is 21.7. The second-order valence-corrected chi connectivity index (χ2v) is 9.81. The number of carbonyl (C=O) groups is 4. The fourth-order valence-corrected chi connectivity index (χ4v) is 4.57. The summed E-state index contributed by atoms with van der Waals surface area (Å²) in [5.41, 5.74) is 11.5. The highest BCUT2D eigenvalue weighted by Crippen LogP contribution is 2.28. The molecule has 1 heterocycles. The number of benzene rings is 1. The van der Waals surface area contributed by atoms with Crippen LogP contribution in [0.3, 0.4) is 0 Å². The lowest BCUT2D eigenvalue weighted by atomic mass is 9.88. The van der Waals surface area contributed by atoms with E-state index >= 15 is 0 Å². The number of likely N-dealkylation sites (tertiary alicyclic amines) is 1. The van der Waals surface area contributed by atoms with Gasteiger partial charge in [0.1, 0.15) is 13.3 Å². The molecule has 0 bridgehead atoms. The largest absolute Gasteiger partial charge is 0.461 e. The Balaban J connectivity index is 2.01. The van der Waals surface area contributed by atoms with Crippen LogP contribution in [0.25, 0.3) is 0 Å². The van der Waals surface area contributed by atoms with Gasteiger partial charge < -0.3 is 21.1 Å². The SMILES string of the molecule is CC(C)[C@H](CC(=O)OCc1ccccc1)C(=O)N1CCC[C@H]1C(=O)C[C@H](CCCN=C(N)N)C(=O)CF. The number of alkyl halides is 1. The topological polar surface area (TPSA) is 145 Å². The zero-order valence-corrected chi connectivity index (χ0v) is 21.7.